The van der Waals surface area contributed by atoms with E-state index in [4.69, 9.17) is 5.73 Å². The summed E-state index contributed by atoms with van der Waals surface area (Å²) in [6, 6.07) is 7.29. The minimum absolute atomic E-state index is 0.0390. The first-order valence-electron chi connectivity index (χ1n) is 12.4. The molecule has 0 spiro atoms. The summed E-state index contributed by atoms with van der Waals surface area (Å²) in [7, 11) is 0. The molecule has 11 heteroatoms. The van der Waals surface area contributed by atoms with Gasteiger partial charge < -0.3 is 15.7 Å². The van der Waals surface area contributed by atoms with Crippen LogP contribution in [0.1, 0.15) is 30.9 Å². The summed E-state index contributed by atoms with van der Waals surface area (Å²) in [5, 5.41) is 10.8. The number of ketones is 1. The van der Waals surface area contributed by atoms with E-state index < -0.39 is 35.3 Å². The molecule has 202 valence electrons. The Morgan fingerprint density at radius 1 is 1.13 bits per heavy atom. The van der Waals surface area contributed by atoms with E-state index in [1.807, 2.05) is 0 Å². The minimum atomic E-state index is -1.31. The van der Waals surface area contributed by atoms with Gasteiger partial charge >= 0.3 is 5.90 Å². The third kappa shape index (κ3) is 6.04. The van der Waals surface area contributed by atoms with Crippen molar-refractivity contribution in [3.05, 3.63) is 65.0 Å². The molecule has 2 heterocycles. The summed E-state index contributed by atoms with van der Waals surface area (Å²) >= 11 is 0. The van der Waals surface area contributed by atoms with Gasteiger partial charge in [0.15, 0.2) is 24.7 Å². The number of amides is 2. The Hall–Kier alpha value is -3.73. The maximum atomic E-state index is 14.0. The van der Waals surface area contributed by atoms with Crippen molar-refractivity contribution in [2.24, 2.45) is 11.7 Å². The zero-order valence-electron chi connectivity index (χ0n) is 21.0. The second kappa shape index (κ2) is 11.3. The number of aliphatic hydroxyl groups excluding tert-OH is 1. The van der Waals surface area contributed by atoms with Gasteiger partial charge in [-0.3, -0.25) is 19.3 Å². The molecule has 38 heavy (non-hydrogen) atoms. The Morgan fingerprint density at radius 3 is 2.58 bits per heavy atom. The normalized spacial score (nSPS) is 20.2. The lowest BCUT2D eigenvalue weighted by atomic mass is 10.00. The van der Waals surface area contributed by atoms with Crippen molar-refractivity contribution in [1.82, 2.24) is 4.90 Å². The number of fused-ring (bicyclic) bond motifs is 1. The van der Waals surface area contributed by atoms with E-state index in [9.17, 15) is 32.7 Å². The average molecular weight is 532 g/mol. The minimum Gasteiger partial charge on any atom is -0.462 e. The van der Waals surface area contributed by atoms with Crippen molar-refractivity contribution >= 4 is 29.2 Å². The number of Topliss-reactive ketones (excluding diaryl/α,β-unsaturated/α-hetero) is 1. The number of para-hydroxylation sites is 1. The van der Waals surface area contributed by atoms with Crippen LogP contribution in [0.25, 0.3) is 0 Å². The van der Waals surface area contributed by atoms with Crippen LogP contribution in [0.15, 0.2) is 36.4 Å². The highest BCUT2D eigenvalue weighted by Crippen LogP contribution is 2.26. The molecule has 0 unspecified atom stereocenters. The first-order chi connectivity index (χ1) is 18.0. The van der Waals surface area contributed by atoms with Crippen LogP contribution in [0.2, 0.25) is 0 Å². The molecular formula is C27H30F3N4O4+. The molecule has 2 aromatic rings. The van der Waals surface area contributed by atoms with Gasteiger partial charge in [-0.25, -0.2) is 13.2 Å². The summed E-state index contributed by atoms with van der Waals surface area (Å²) in [4.78, 5) is 41.0. The van der Waals surface area contributed by atoms with Crippen LogP contribution in [-0.2, 0) is 27.3 Å². The van der Waals surface area contributed by atoms with E-state index in [0.717, 1.165) is 6.07 Å². The molecule has 0 aliphatic carbocycles. The molecule has 2 amide bonds. The monoisotopic (exact) mass is 531 g/mol. The number of rotatable bonds is 6. The highest BCUT2D eigenvalue weighted by atomic mass is 19.2. The van der Waals surface area contributed by atoms with Gasteiger partial charge in [0.25, 0.3) is 0 Å². The predicted octanol–water partition coefficient (Wildman–Crippen LogP) is 2.32. The molecule has 3 N–H and O–H groups in total. The van der Waals surface area contributed by atoms with E-state index in [2.05, 4.69) is 0 Å². The maximum absolute atomic E-state index is 14.0. The standard InChI is InChI=1S/C27H29F3N4O4/c1-16-12-32(7-6-24(16)35)26(37)15-34-23-5-3-2-4-17(23)13-33(14-27(34)38)25(36)10-19(31)8-18-9-21(29)22(30)11-20(18)28/h2-5,9,11,16,19H,6-8,10,12-15,31H2,1H3/p+1/t16-,19-/m1/s1. The Kier molecular flexibility index (Phi) is 8.15. The maximum Gasteiger partial charge on any atom is 0.354 e. The third-order valence-corrected chi connectivity index (χ3v) is 6.97. The number of hydrogen-bond donors (Lipinski definition) is 2. The van der Waals surface area contributed by atoms with Crippen LogP contribution in [0.5, 0.6) is 0 Å². The smallest absolute Gasteiger partial charge is 0.354 e. The zero-order chi connectivity index (χ0) is 27.6. The molecule has 2 aliphatic heterocycles. The van der Waals surface area contributed by atoms with Gasteiger partial charge in [-0.1, -0.05) is 18.2 Å². The van der Waals surface area contributed by atoms with Gasteiger partial charge in [0.2, 0.25) is 11.8 Å². The second-order valence-corrected chi connectivity index (χ2v) is 9.86. The van der Waals surface area contributed by atoms with Crippen LogP contribution < -0.4 is 10.6 Å². The molecule has 1 saturated heterocycles. The largest absolute Gasteiger partial charge is 0.462 e. The highest BCUT2D eigenvalue weighted by molar-refractivity contribution is 6.01. The van der Waals surface area contributed by atoms with Gasteiger partial charge in [0.1, 0.15) is 24.7 Å². The van der Waals surface area contributed by atoms with Gasteiger partial charge in [0.05, 0.1) is 12.3 Å². The lowest BCUT2D eigenvalue weighted by Gasteiger charge is -2.23. The van der Waals surface area contributed by atoms with Crippen molar-refractivity contribution in [1.29, 1.82) is 0 Å². The summed E-state index contributed by atoms with van der Waals surface area (Å²) in [5.41, 5.74) is 7.13. The van der Waals surface area contributed by atoms with Crippen LogP contribution in [0, 0.1) is 23.4 Å². The lowest BCUT2D eigenvalue weighted by molar-refractivity contribution is -0.544. The molecule has 0 saturated carbocycles. The van der Waals surface area contributed by atoms with Crippen LogP contribution in [-0.4, -0.2) is 70.3 Å². The van der Waals surface area contributed by atoms with Gasteiger partial charge in [-0.05, 0) is 36.6 Å². The van der Waals surface area contributed by atoms with Crippen LogP contribution in [0.3, 0.4) is 0 Å². The van der Waals surface area contributed by atoms with Gasteiger partial charge in [0, 0.05) is 30.8 Å². The van der Waals surface area contributed by atoms with Crippen molar-refractivity contribution in [2.45, 2.75) is 38.8 Å². The fourth-order valence-corrected chi connectivity index (χ4v) is 4.82. The Morgan fingerprint density at radius 2 is 1.84 bits per heavy atom. The highest BCUT2D eigenvalue weighted by Gasteiger charge is 2.34. The topological polar surface area (TPSA) is 107 Å². The Labute approximate surface area is 218 Å². The average Bonchev–Trinajstić information content (AvgIpc) is 3.00. The molecule has 0 aromatic heterocycles. The number of halogens is 3. The van der Waals surface area contributed by atoms with E-state index in [0.29, 0.717) is 36.8 Å². The number of anilines is 1. The van der Waals surface area contributed by atoms with Crippen molar-refractivity contribution in [3.63, 3.8) is 0 Å². The lowest BCUT2D eigenvalue weighted by Crippen LogP contribution is -2.46. The van der Waals surface area contributed by atoms with Crippen LogP contribution >= 0.6 is 0 Å². The zero-order valence-corrected chi connectivity index (χ0v) is 21.0. The van der Waals surface area contributed by atoms with E-state index in [1.54, 1.807) is 35.8 Å². The molecule has 8 nitrogen and oxygen atoms in total. The number of carbonyl (C=O) groups is 3. The number of carbonyl (C=O) groups excluding carboxylic acids is 3. The number of benzene rings is 2. The molecule has 2 aromatic carbocycles. The first-order valence-corrected chi connectivity index (χ1v) is 12.4. The number of aliphatic hydroxyl groups is 1. The van der Waals surface area contributed by atoms with Gasteiger partial charge in [-0.15, -0.1) is 0 Å². The SMILES string of the molecule is C[C@@H]1C[N+](=C(O)CN2C(=O)CN(C(=O)C[C@H](N)Cc3cc(F)c(F)cc3F)Cc3ccccc32)CCC1=O. The molecule has 2 aliphatic rings. The summed E-state index contributed by atoms with van der Waals surface area (Å²) in [6.07, 6.45) is -0.128. The molecule has 1 fully saturated rings. The van der Waals surface area contributed by atoms with Crippen molar-refractivity contribution in [3.8, 4) is 0 Å². The Balaban J connectivity index is 1.49. The molecule has 0 bridgehead atoms. The quantitative estimate of drug-likeness (QED) is 0.338. The van der Waals surface area contributed by atoms with E-state index in [-0.39, 0.29) is 55.6 Å². The summed E-state index contributed by atoms with van der Waals surface area (Å²) < 4.78 is 42.5. The van der Waals surface area contributed by atoms with E-state index in [1.165, 1.54) is 9.80 Å². The fourth-order valence-electron chi connectivity index (χ4n) is 4.82. The third-order valence-electron chi connectivity index (χ3n) is 6.97. The molecule has 4 rings (SSSR count). The number of nitrogens with two attached hydrogens (primary N) is 1. The predicted molar refractivity (Wildman–Crippen MR) is 133 cm³/mol. The second-order valence-electron chi connectivity index (χ2n) is 9.86. The number of nitrogens with zero attached hydrogens (tertiary/aromatic N) is 3. The Bertz CT molecular complexity index is 1300. The fraction of sp³-hybridized carbons (Fsp3) is 0.407. The van der Waals surface area contributed by atoms with Crippen molar-refractivity contribution in [2.75, 3.05) is 31.1 Å². The van der Waals surface area contributed by atoms with Crippen LogP contribution in [0.4, 0.5) is 18.9 Å². The van der Waals surface area contributed by atoms with E-state index >= 15 is 0 Å². The molecule has 2 atom stereocenters. The summed E-state index contributed by atoms with van der Waals surface area (Å²) in [6.45, 7) is 2.23. The summed E-state index contributed by atoms with van der Waals surface area (Å²) in [5.74, 6) is -4.49. The first kappa shape index (κ1) is 27.3. The number of hydrogen-bond acceptors (Lipinski definition) is 4. The number of piperidine rings is 1. The van der Waals surface area contributed by atoms with Gasteiger partial charge in [-0.2, -0.15) is 4.58 Å². The molecule has 0 radical (unpaired) electrons. The van der Waals surface area contributed by atoms with Crippen molar-refractivity contribution < 1.29 is 37.2 Å². The molecular weight excluding hydrogens is 501 g/mol.